The van der Waals surface area contributed by atoms with Crippen molar-refractivity contribution in [3.05, 3.63) is 93.6 Å². The number of halogens is 3. The summed E-state index contributed by atoms with van der Waals surface area (Å²) in [6.45, 7) is 0.0702. The van der Waals surface area contributed by atoms with Crippen molar-refractivity contribution in [2.24, 2.45) is 0 Å². The molecule has 8 heteroatoms. The molecule has 4 aromatic rings. The first-order valence-corrected chi connectivity index (χ1v) is 8.64. The fourth-order valence-electron chi connectivity index (χ4n) is 3.04. The van der Waals surface area contributed by atoms with E-state index in [2.05, 4.69) is 4.98 Å². The summed E-state index contributed by atoms with van der Waals surface area (Å²) in [5.41, 5.74) is -0.580. The van der Waals surface area contributed by atoms with Gasteiger partial charge in [-0.1, -0.05) is 35.9 Å². The zero-order chi connectivity index (χ0) is 19.8. The van der Waals surface area contributed by atoms with Crippen LogP contribution in [0.2, 0.25) is 5.15 Å². The third kappa shape index (κ3) is 2.99. The van der Waals surface area contributed by atoms with Gasteiger partial charge in [0.05, 0.1) is 12.1 Å². The molecule has 4 rings (SSSR count). The van der Waals surface area contributed by atoms with Crippen molar-refractivity contribution in [1.29, 1.82) is 0 Å². The van der Waals surface area contributed by atoms with E-state index in [1.54, 1.807) is 30.3 Å². The standard InChI is InChI=1S/C20H12ClF2N3O2/c21-15-8-7-12(10-24-15)11-26-16-6-1-2-9-25(16)19(27)17(20(26)28)13-4-3-5-14(22)18(13)23/h1-10H,11H2. The summed E-state index contributed by atoms with van der Waals surface area (Å²) in [4.78, 5) is 16.9. The number of hydrogen-bond acceptors (Lipinski definition) is 3. The largest absolute Gasteiger partial charge is 0.842 e. The lowest BCUT2D eigenvalue weighted by Crippen LogP contribution is -2.44. The second-order valence-electron chi connectivity index (χ2n) is 6.09. The smallest absolute Gasteiger partial charge is 0.349 e. The molecule has 5 nitrogen and oxygen atoms in total. The molecule has 0 bridgehead atoms. The summed E-state index contributed by atoms with van der Waals surface area (Å²) in [5.74, 6) is -3.11. The zero-order valence-electron chi connectivity index (χ0n) is 14.3. The maximum Gasteiger partial charge on any atom is 0.349 e. The van der Waals surface area contributed by atoms with E-state index in [0.717, 1.165) is 6.07 Å². The molecular weight excluding hydrogens is 388 g/mol. The van der Waals surface area contributed by atoms with E-state index in [1.807, 2.05) is 0 Å². The van der Waals surface area contributed by atoms with Gasteiger partial charge in [-0.25, -0.2) is 23.1 Å². The highest BCUT2D eigenvalue weighted by molar-refractivity contribution is 6.29. The van der Waals surface area contributed by atoms with Gasteiger partial charge in [0, 0.05) is 23.4 Å². The highest BCUT2D eigenvalue weighted by atomic mass is 35.5. The molecule has 28 heavy (non-hydrogen) atoms. The summed E-state index contributed by atoms with van der Waals surface area (Å²) >= 11 is 5.80. The Morgan fingerprint density at radius 3 is 2.68 bits per heavy atom. The van der Waals surface area contributed by atoms with Crippen LogP contribution in [0.25, 0.3) is 16.8 Å². The number of rotatable bonds is 3. The van der Waals surface area contributed by atoms with Gasteiger partial charge in [-0.15, -0.1) is 0 Å². The lowest BCUT2D eigenvalue weighted by molar-refractivity contribution is -0.708. The van der Waals surface area contributed by atoms with Crippen LogP contribution >= 0.6 is 11.6 Å². The first kappa shape index (κ1) is 18.1. The van der Waals surface area contributed by atoms with Crippen LogP contribution in [-0.4, -0.2) is 9.38 Å². The SMILES string of the molecule is O=c1c(-c2cccc(F)c2F)c([O-])[n+](Cc2ccc(Cl)nc2)c2ccccn12. The Morgan fingerprint density at radius 1 is 1.11 bits per heavy atom. The van der Waals surface area contributed by atoms with Crippen molar-refractivity contribution in [3.63, 3.8) is 0 Å². The van der Waals surface area contributed by atoms with Crippen molar-refractivity contribution in [2.45, 2.75) is 6.54 Å². The highest BCUT2D eigenvalue weighted by Gasteiger charge is 2.23. The van der Waals surface area contributed by atoms with Crippen LogP contribution in [0.3, 0.4) is 0 Å². The van der Waals surface area contributed by atoms with Gasteiger partial charge < -0.3 is 5.11 Å². The number of hydrogen-bond donors (Lipinski definition) is 0. The first-order chi connectivity index (χ1) is 13.5. The summed E-state index contributed by atoms with van der Waals surface area (Å²) < 4.78 is 30.6. The average Bonchev–Trinajstić information content (AvgIpc) is 2.70. The Kier molecular flexibility index (Phi) is 4.52. The molecule has 1 aromatic carbocycles. The first-order valence-electron chi connectivity index (χ1n) is 8.26. The molecule has 0 spiro atoms. The third-order valence-electron chi connectivity index (χ3n) is 4.36. The van der Waals surface area contributed by atoms with Crippen LogP contribution in [0, 0.1) is 11.6 Å². The summed E-state index contributed by atoms with van der Waals surface area (Å²) in [5, 5.41) is 13.5. The number of pyridine rings is 2. The van der Waals surface area contributed by atoms with Gasteiger partial charge in [0.25, 0.3) is 5.65 Å². The molecular formula is C20H12ClF2N3O2. The third-order valence-corrected chi connectivity index (χ3v) is 4.58. The van der Waals surface area contributed by atoms with E-state index in [9.17, 15) is 18.7 Å². The topological polar surface area (TPSA) is 61.3 Å². The van der Waals surface area contributed by atoms with Crippen LogP contribution in [0.4, 0.5) is 8.78 Å². The number of aromatic nitrogens is 3. The lowest BCUT2D eigenvalue weighted by Gasteiger charge is -2.17. The summed E-state index contributed by atoms with van der Waals surface area (Å²) in [6.07, 6.45) is 2.97. The Bertz CT molecular complexity index is 1260. The van der Waals surface area contributed by atoms with E-state index < -0.39 is 28.6 Å². The summed E-state index contributed by atoms with van der Waals surface area (Å²) in [7, 11) is 0. The molecule has 0 aliphatic carbocycles. The van der Waals surface area contributed by atoms with Gasteiger partial charge in [-0.05, 0) is 18.2 Å². The predicted octanol–water partition coefficient (Wildman–Crippen LogP) is 2.70. The maximum absolute atomic E-state index is 14.4. The number of fused-ring (bicyclic) bond motifs is 1. The molecule has 0 saturated heterocycles. The van der Waals surface area contributed by atoms with Gasteiger partial charge in [-0.3, -0.25) is 0 Å². The lowest BCUT2D eigenvalue weighted by atomic mass is 10.1. The molecule has 0 amide bonds. The van der Waals surface area contributed by atoms with E-state index in [0.29, 0.717) is 16.4 Å². The fourth-order valence-corrected chi connectivity index (χ4v) is 3.15. The molecule has 140 valence electrons. The molecule has 0 atom stereocenters. The molecule has 0 aliphatic heterocycles. The van der Waals surface area contributed by atoms with E-state index >= 15 is 0 Å². The Morgan fingerprint density at radius 2 is 1.93 bits per heavy atom. The van der Waals surface area contributed by atoms with Crippen molar-refractivity contribution in [1.82, 2.24) is 9.38 Å². The minimum Gasteiger partial charge on any atom is -0.842 e. The molecule has 3 aromatic heterocycles. The minimum absolute atomic E-state index is 0.0702. The van der Waals surface area contributed by atoms with Crippen LogP contribution in [0.15, 0.2) is 65.7 Å². The fraction of sp³-hybridized carbons (Fsp3) is 0.0500. The van der Waals surface area contributed by atoms with Gasteiger partial charge in [0.2, 0.25) is 0 Å². The van der Waals surface area contributed by atoms with Crippen molar-refractivity contribution in [2.75, 3.05) is 0 Å². The van der Waals surface area contributed by atoms with Crippen molar-refractivity contribution in [3.8, 4) is 17.0 Å². The van der Waals surface area contributed by atoms with E-state index in [-0.39, 0.29) is 12.1 Å². The maximum atomic E-state index is 14.4. The second kappa shape index (κ2) is 7.01. The van der Waals surface area contributed by atoms with E-state index in [1.165, 1.54) is 33.5 Å². The van der Waals surface area contributed by atoms with Crippen molar-refractivity contribution >= 4 is 17.2 Å². The molecule has 0 unspecified atom stereocenters. The summed E-state index contributed by atoms with van der Waals surface area (Å²) in [6, 6.07) is 11.5. The monoisotopic (exact) mass is 399 g/mol. The average molecular weight is 400 g/mol. The van der Waals surface area contributed by atoms with Gasteiger partial charge >= 0.3 is 5.56 Å². The molecule has 0 fully saturated rings. The molecule has 0 N–H and O–H groups in total. The Hall–Kier alpha value is -3.32. The molecule has 0 aliphatic rings. The molecule has 3 heterocycles. The van der Waals surface area contributed by atoms with Crippen LogP contribution in [-0.2, 0) is 6.54 Å². The second-order valence-corrected chi connectivity index (χ2v) is 6.48. The van der Waals surface area contributed by atoms with Crippen LogP contribution in [0.5, 0.6) is 5.88 Å². The number of benzene rings is 1. The molecule has 0 saturated carbocycles. The van der Waals surface area contributed by atoms with Crippen LogP contribution in [0.1, 0.15) is 5.56 Å². The van der Waals surface area contributed by atoms with Gasteiger partial charge in [0.15, 0.2) is 11.6 Å². The quantitative estimate of drug-likeness (QED) is 0.393. The van der Waals surface area contributed by atoms with Crippen molar-refractivity contribution < 1.29 is 18.5 Å². The molecule has 0 radical (unpaired) electrons. The van der Waals surface area contributed by atoms with Crippen LogP contribution < -0.4 is 15.2 Å². The Balaban J connectivity index is 2.03. The van der Waals surface area contributed by atoms with Gasteiger partial charge in [-0.2, -0.15) is 4.40 Å². The Labute approximate surface area is 162 Å². The predicted molar refractivity (Wildman–Crippen MR) is 97.0 cm³/mol. The number of nitrogens with zero attached hydrogens (tertiary/aromatic N) is 3. The zero-order valence-corrected chi connectivity index (χ0v) is 15.0. The van der Waals surface area contributed by atoms with Gasteiger partial charge in [0.1, 0.15) is 17.3 Å². The van der Waals surface area contributed by atoms with E-state index in [4.69, 9.17) is 11.6 Å². The normalized spacial score (nSPS) is 11.1. The minimum atomic E-state index is -1.24. The highest BCUT2D eigenvalue weighted by Crippen LogP contribution is 2.26.